The van der Waals surface area contributed by atoms with E-state index in [2.05, 4.69) is 35.7 Å². The highest BCUT2D eigenvalue weighted by Gasteiger charge is 2.50. The Balaban J connectivity index is 1.16. The first-order valence-corrected chi connectivity index (χ1v) is 14.0. The maximum absolute atomic E-state index is 12.7. The molecule has 6 heterocycles. The number of nitrogens with one attached hydrogen (secondary N) is 2. The number of nitrogens with zero attached hydrogens (tertiary/aromatic N) is 7. The Hall–Kier alpha value is -3.94. The molecule has 2 aliphatic heterocycles. The van der Waals surface area contributed by atoms with E-state index in [1.54, 1.807) is 47.2 Å². The van der Waals surface area contributed by atoms with Gasteiger partial charge < -0.3 is 15.4 Å². The van der Waals surface area contributed by atoms with Crippen LogP contribution in [0.3, 0.4) is 0 Å². The number of ether oxygens (including phenoxy) is 1. The van der Waals surface area contributed by atoms with Gasteiger partial charge in [0.2, 0.25) is 0 Å². The fourth-order valence-electron chi connectivity index (χ4n) is 5.13. The van der Waals surface area contributed by atoms with Crippen LogP contribution in [0.1, 0.15) is 18.3 Å². The second-order valence-electron chi connectivity index (χ2n) is 9.25. The SMILES string of the molecule is O=S1(=O)CC[C@@H]2CNC(c3ncc4ncnc(Nc5ccc(Oc6ccn7ncnc7c6)c(Cl)c5)c4n3)[C@@H]21. The van der Waals surface area contributed by atoms with Crippen molar-refractivity contribution in [1.82, 2.24) is 39.9 Å². The quantitative estimate of drug-likeness (QED) is 0.333. The minimum absolute atomic E-state index is 0.0788. The fourth-order valence-corrected chi connectivity index (χ4v) is 7.71. The third-order valence-corrected chi connectivity index (χ3v) is 9.52. The van der Waals surface area contributed by atoms with Gasteiger partial charge in [-0.15, -0.1) is 0 Å². The Kier molecular flexibility index (Phi) is 5.39. The highest BCUT2D eigenvalue weighted by Crippen LogP contribution is 2.40. The molecule has 2 saturated heterocycles. The Morgan fingerprint density at radius 2 is 2.03 bits per heavy atom. The molecule has 2 fully saturated rings. The molecule has 0 spiro atoms. The predicted octanol–water partition coefficient (Wildman–Crippen LogP) is 3.10. The van der Waals surface area contributed by atoms with Gasteiger partial charge in [-0.3, -0.25) is 0 Å². The van der Waals surface area contributed by atoms with Gasteiger partial charge in [0.05, 0.1) is 28.3 Å². The lowest BCUT2D eigenvalue weighted by Gasteiger charge is -2.17. The highest BCUT2D eigenvalue weighted by molar-refractivity contribution is 7.92. The molecule has 0 aliphatic carbocycles. The Morgan fingerprint density at radius 1 is 1.11 bits per heavy atom. The van der Waals surface area contributed by atoms with Gasteiger partial charge in [0.15, 0.2) is 21.3 Å². The van der Waals surface area contributed by atoms with Crippen LogP contribution in [0.2, 0.25) is 5.02 Å². The molecular weight excluding hydrogens is 530 g/mol. The number of aromatic nitrogens is 7. The molecule has 12 nitrogen and oxygen atoms in total. The van der Waals surface area contributed by atoms with Crippen LogP contribution in [0.4, 0.5) is 11.5 Å². The highest BCUT2D eigenvalue weighted by atomic mass is 35.5. The third-order valence-electron chi connectivity index (χ3n) is 6.93. The topological polar surface area (TPSA) is 149 Å². The third kappa shape index (κ3) is 3.99. The average molecular weight is 550 g/mol. The van der Waals surface area contributed by atoms with E-state index in [9.17, 15) is 8.42 Å². The van der Waals surface area contributed by atoms with Crippen LogP contribution in [-0.4, -0.2) is 60.5 Å². The van der Waals surface area contributed by atoms with Crippen molar-refractivity contribution in [3.05, 3.63) is 66.2 Å². The van der Waals surface area contributed by atoms with Crippen LogP contribution in [0, 0.1) is 5.92 Å². The molecule has 1 unspecified atom stereocenters. The fraction of sp³-hybridized carbons (Fsp3) is 0.250. The summed E-state index contributed by atoms with van der Waals surface area (Å²) in [4.78, 5) is 21.9. The second kappa shape index (κ2) is 8.82. The number of hydrogen-bond acceptors (Lipinski definition) is 11. The van der Waals surface area contributed by atoms with Gasteiger partial charge in [0.1, 0.15) is 41.0 Å². The van der Waals surface area contributed by atoms with Crippen LogP contribution in [0.25, 0.3) is 16.7 Å². The van der Waals surface area contributed by atoms with Gasteiger partial charge in [-0.2, -0.15) is 5.10 Å². The summed E-state index contributed by atoms with van der Waals surface area (Å²) in [5.41, 5.74) is 2.33. The van der Waals surface area contributed by atoms with Crippen molar-refractivity contribution in [3.8, 4) is 11.5 Å². The van der Waals surface area contributed by atoms with E-state index in [4.69, 9.17) is 21.3 Å². The lowest BCUT2D eigenvalue weighted by molar-refractivity contribution is 0.482. The van der Waals surface area contributed by atoms with Crippen LogP contribution in [0.5, 0.6) is 11.5 Å². The molecule has 14 heteroatoms. The number of hydrogen-bond donors (Lipinski definition) is 2. The smallest absolute Gasteiger partial charge is 0.160 e. The summed E-state index contributed by atoms with van der Waals surface area (Å²) in [6, 6.07) is 8.34. The number of anilines is 2. The van der Waals surface area contributed by atoms with Gasteiger partial charge in [-0.05, 0) is 36.6 Å². The maximum Gasteiger partial charge on any atom is 0.160 e. The molecule has 38 heavy (non-hydrogen) atoms. The van der Waals surface area contributed by atoms with Crippen molar-refractivity contribution in [2.75, 3.05) is 17.6 Å². The molecule has 0 saturated carbocycles. The lowest BCUT2D eigenvalue weighted by Crippen LogP contribution is -2.29. The van der Waals surface area contributed by atoms with Crippen LogP contribution in [0.15, 0.2) is 55.4 Å². The van der Waals surface area contributed by atoms with Crippen LogP contribution < -0.4 is 15.4 Å². The minimum atomic E-state index is -3.20. The molecule has 4 aromatic heterocycles. The van der Waals surface area contributed by atoms with Crippen LogP contribution in [-0.2, 0) is 9.84 Å². The number of sulfone groups is 1. The van der Waals surface area contributed by atoms with Crippen molar-refractivity contribution in [3.63, 3.8) is 0 Å². The first-order chi connectivity index (χ1) is 18.4. The normalized spacial score (nSPS) is 22.1. The van der Waals surface area contributed by atoms with Gasteiger partial charge in [0, 0.05) is 24.5 Å². The average Bonchev–Trinajstić information content (AvgIpc) is 3.63. The molecule has 7 rings (SSSR count). The predicted molar refractivity (Wildman–Crippen MR) is 139 cm³/mol. The molecule has 0 radical (unpaired) electrons. The number of halogens is 1. The Labute approximate surface area is 221 Å². The van der Waals surface area contributed by atoms with Gasteiger partial charge >= 0.3 is 0 Å². The largest absolute Gasteiger partial charge is 0.456 e. The van der Waals surface area contributed by atoms with E-state index in [0.29, 0.717) is 63.5 Å². The van der Waals surface area contributed by atoms with E-state index in [1.807, 2.05) is 0 Å². The van der Waals surface area contributed by atoms with E-state index in [0.717, 1.165) is 0 Å². The summed E-state index contributed by atoms with van der Waals surface area (Å²) < 4.78 is 32.9. The van der Waals surface area contributed by atoms with E-state index in [-0.39, 0.29) is 11.7 Å². The number of rotatable bonds is 5. The van der Waals surface area contributed by atoms with Crippen molar-refractivity contribution < 1.29 is 13.2 Å². The van der Waals surface area contributed by atoms with E-state index in [1.165, 1.54) is 12.7 Å². The Bertz CT molecular complexity index is 1810. The van der Waals surface area contributed by atoms with Crippen molar-refractivity contribution >= 4 is 49.6 Å². The Morgan fingerprint density at radius 3 is 2.92 bits per heavy atom. The summed E-state index contributed by atoms with van der Waals surface area (Å²) in [6.45, 7) is 0.631. The zero-order valence-corrected chi connectivity index (χ0v) is 21.3. The standard InChI is InChI=1S/C24H20ClN9O3S/c25-16-7-14(1-2-18(16)37-15-3-5-34-19(8-15)29-12-31-34)32-23-20-17(28-11-30-23)10-27-24(33-20)21-22-13(9-26-21)4-6-38(22,35)36/h1-3,5,7-8,10-13,21-22,26H,4,6,9H2,(H,28,30,32)/t13-,21?,22-/m1/s1. The van der Waals surface area contributed by atoms with E-state index >= 15 is 0 Å². The number of benzene rings is 1. The molecule has 192 valence electrons. The van der Waals surface area contributed by atoms with Crippen molar-refractivity contribution in [2.45, 2.75) is 17.7 Å². The summed E-state index contributed by atoms with van der Waals surface area (Å²) in [6.07, 6.45) is 6.89. The van der Waals surface area contributed by atoms with Gasteiger partial charge in [-0.25, -0.2) is 37.9 Å². The first-order valence-electron chi connectivity index (χ1n) is 11.9. The van der Waals surface area contributed by atoms with Gasteiger partial charge in [-0.1, -0.05) is 11.6 Å². The number of pyridine rings is 1. The molecule has 5 aromatic rings. The monoisotopic (exact) mass is 549 g/mol. The van der Waals surface area contributed by atoms with Crippen molar-refractivity contribution in [1.29, 1.82) is 0 Å². The lowest BCUT2D eigenvalue weighted by atomic mass is 10.0. The molecule has 2 aliphatic rings. The minimum Gasteiger partial charge on any atom is -0.456 e. The zero-order chi connectivity index (χ0) is 25.9. The summed E-state index contributed by atoms with van der Waals surface area (Å²) in [5, 5.41) is 10.5. The molecular formula is C24H20ClN9O3S. The summed E-state index contributed by atoms with van der Waals surface area (Å²) in [7, 11) is -3.20. The maximum atomic E-state index is 12.7. The van der Waals surface area contributed by atoms with Gasteiger partial charge in [0.25, 0.3) is 0 Å². The first kappa shape index (κ1) is 23.2. The molecule has 2 N–H and O–H groups in total. The zero-order valence-electron chi connectivity index (χ0n) is 19.7. The summed E-state index contributed by atoms with van der Waals surface area (Å²) in [5.74, 6) is 2.20. The van der Waals surface area contributed by atoms with Crippen LogP contribution >= 0.6 is 11.6 Å². The van der Waals surface area contributed by atoms with E-state index < -0.39 is 21.1 Å². The molecule has 1 aromatic carbocycles. The second-order valence-corrected chi connectivity index (χ2v) is 11.9. The molecule has 3 atom stereocenters. The molecule has 0 bridgehead atoms. The number of fused-ring (bicyclic) bond motifs is 3. The molecule has 0 amide bonds. The van der Waals surface area contributed by atoms with Crippen molar-refractivity contribution in [2.24, 2.45) is 5.92 Å². The summed E-state index contributed by atoms with van der Waals surface area (Å²) >= 11 is 6.53.